The first-order valence-corrected chi connectivity index (χ1v) is 9.34. The summed E-state index contributed by atoms with van der Waals surface area (Å²) in [5, 5.41) is 6.52. The molecule has 142 valence electrons. The van der Waals surface area contributed by atoms with Gasteiger partial charge in [0.1, 0.15) is 17.7 Å². The molecule has 4 saturated heterocycles. The van der Waals surface area contributed by atoms with Gasteiger partial charge in [0.25, 0.3) is 0 Å². The molecular formula is C19H20F2N4O2. The standard InChI is InChI=1S/C19H20F2N4O2/c20-14-5-15(21)18(25-7-10-1-2-11(25)6-22-10)13-9-24(8-12(13)14)16-3-4-17(26)23-19(16)27/h5,8-11,16,22H,1-4,6-7H2,(H,23,26,27). The molecule has 0 spiro atoms. The summed E-state index contributed by atoms with van der Waals surface area (Å²) in [6, 6.07) is 0.830. The summed E-state index contributed by atoms with van der Waals surface area (Å²) in [6.45, 7) is 1.47. The Kier molecular flexibility index (Phi) is 3.72. The van der Waals surface area contributed by atoms with E-state index in [0.717, 1.165) is 25.5 Å². The minimum Gasteiger partial charge on any atom is -0.363 e. The molecule has 0 radical (unpaired) electrons. The van der Waals surface area contributed by atoms with Gasteiger partial charge in [0.05, 0.1) is 5.69 Å². The molecular weight excluding hydrogens is 354 g/mol. The molecule has 0 saturated carbocycles. The van der Waals surface area contributed by atoms with Crippen molar-refractivity contribution in [1.82, 2.24) is 15.2 Å². The lowest BCUT2D eigenvalue weighted by Crippen LogP contribution is -2.61. The minimum absolute atomic E-state index is 0.178. The molecule has 8 heteroatoms. The van der Waals surface area contributed by atoms with Crippen molar-refractivity contribution in [2.24, 2.45) is 0 Å². The molecule has 0 aliphatic carbocycles. The summed E-state index contributed by atoms with van der Waals surface area (Å²) in [6.07, 6.45) is 5.81. The van der Waals surface area contributed by atoms with Gasteiger partial charge in [-0.2, -0.15) is 0 Å². The smallest absolute Gasteiger partial charge is 0.249 e. The molecule has 1 aromatic carbocycles. The van der Waals surface area contributed by atoms with Gasteiger partial charge in [-0.25, -0.2) is 8.78 Å². The van der Waals surface area contributed by atoms with E-state index in [9.17, 15) is 18.4 Å². The maximum atomic E-state index is 14.8. The van der Waals surface area contributed by atoms with Gasteiger partial charge in [0, 0.05) is 60.8 Å². The monoisotopic (exact) mass is 374 g/mol. The van der Waals surface area contributed by atoms with Crippen LogP contribution in [0.2, 0.25) is 0 Å². The molecule has 4 aliphatic rings. The zero-order chi connectivity index (χ0) is 18.7. The van der Waals surface area contributed by atoms with Gasteiger partial charge in [-0.15, -0.1) is 0 Å². The summed E-state index contributed by atoms with van der Waals surface area (Å²) in [4.78, 5) is 25.6. The topological polar surface area (TPSA) is 66.4 Å². The predicted molar refractivity (Wildman–Crippen MR) is 95.4 cm³/mol. The fraction of sp³-hybridized carbons (Fsp3) is 0.474. The Morgan fingerprint density at radius 2 is 1.85 bits per heavy atom. The molecule has 2 aromatic rings. The Hall–Kier alpha value is -2.48. The third-order valence-corrected chi connectivity index (χ3v) is 6.04. The Morgan fingerprint density at radius 1 is 1.04 bits per heavy atom. The largest absolute Gasteiger partial charge is 0.363 e. The van der Waals surface area contributed by atoms with E-state index in [-0.39, 0.29) is 18.4 Å². The van der Waals surface area contributed by atoms with E-state index < -0.39 is 23.6 Å². The van der Waals surface area contributed by atoms with Crippen LogP contribution in [0.3, 0.4) is 0 Å². The number of nitrogens with zero attached hydrogens (tertiary/aromatic N) is 2. The number of amides is 2. The lowest BCUT2D eigenvalue weighted by Gasteiger charge is -2.47. The molecule has 6 nitrogen and oxygen atoms in total. The number of carbonyl (C=O) groups excluding carboxylic acids is 2. The minimum atomic E-state index is -0.641. The second-order valence-corrected chi connectivity index (χ2v) is 7.68. The van der Waals surface area contributed by atoms with E-state index in [4.69, 9.17) is 0 Å². The first-order valence-electron chi connectivity index (χ1n) is 9.34. The number of piperidine rings is 3. The molecule has 2 amide bonds. The van der Waals surface area contributed by atoms with Crippen molar-refractivity contribution in [3.8, 4) is 0 Å². The van der Waals surface area contributed by atoms with Gasteiger partial charge < -0.3 is 14.8 Å². The molecule has 2 bridgehead atoms. The van der Waals surface area contributed by atoms with Gasteiger partial charge >= 0.3 is 0 Å². The number of fused-ring (bicyclic) bond motifs is 4. The summed E-state index contributed by atoms with van der Waals surface area (Å²) < 4.78 is 30.9. The normalized spacial score (nSPS) is 28.1. The Bertz CT molecular complexity index is 949. The first-order chi connectivity index (χ1) is 13.0. The van der Waals surface area contributed by atoms with E-state index in [1.54, 1.807) is 17.0 Å². The fourth-order valence-corrected chi connectivity index (χ4v) is 4.66. The van der Waals surface area contributed by atoms with Crippen LogP contribution in [0.5, 0.6) is 0 Å². The zero-order valence-corrected chi connectivity index (χ0v) is 14.7. The molecule has 4 fully saturated rings. The van der Waals surface area contributed by atoms with Crippen LogP contribution in [0.1, 0.15) is 31.7 Å². The molecule has 3 unspecified atom stereocenters. The van der Waals surface area contributed by atoms with Crippen molar-refractivity contribution >= 4 is 28.3 Å². The molecule has 6 rings (SSSR count). The van der Waals surface area contributed by atoms with Crippen molar-refractivity contribution < 1.29 is 18.4 Å². The second kappa shape index (κ2) is 6.02. The number of halogens is 2. The van der Waals surface area contributed by atoms with Crippen molar-refractivity contribution in [2.75, 3.05) is 18.0 Å². The third-order valence-electron chi connectivity index (χ3n) is 6.04. The van der Waals surface area contributed by atoms with Gasteiger partial charge in [0.15, 0.2) is 0 Å². The highest BCUT2D eigenvalue weighted by Gasteiger charge is 2.36. The molecule has 27 heavy (non-hydrogen) atoms. The summed E-state index contributed by atoms with van der Waals surface area (Å²) in [5.41, 5.74) is 0.411. The Labute approximate surface area is 154 Å². The van der Waals surface area contributed by atoms with Gasteiger partial charge in [0.2, 0.25) is 11.8 Å². The fourth-order valence-electron chi connectivity index (χ4n) is 4.66. The van der Waals surface area contributed by atoms with Crippen LogP contribution in [0.15, 0.2) is 18.5 Å². The van der Waals surface area contributed by atoms with Gasteiger partial charge in [-0.3, -0.25) is 14.9 Å². The highest BCUT2D eigenvalue weighted by atomic mass is 19.1. The van der Waals surface area contributed by atoms with E-state index in [1.807, 2.05) is 4.90 Å². The van der Waals surface area contributed by atoms with Crippen LogP contribution in [-0.2, 0) is 9.59 Å². The van der Waals surface area contributed by atoms with E-state index in [0.29, 0.717) is 35.5 Å². The van der Waals surface area contributed by atoms with Crippen LogP contribution in [0, 0.1) is 11.6 Å². The van der Waals surface area contributed by atoms with Crippen LogP contribution in [-0.4, -0.2) is 41.6 Å². The van der Waals surface area contributed by atoms with Gasteiger partial charge in [-0.05, 0) is 19.3 Å². The predicted octanol–water partition coefficient (Wildman–Crippen LogP) is 1.84. The van der Waals surface area contributed by atoms with E-state index in [1.165, 1.54) is 0 Å². The highest BCUT2D eigenvalue weighted by Crippen LogP contribution is 2.38. The lowest BCUT2D eigenvalue weighted by molar-refractivity contribution is -0.135. The molecule has 2 N–H and O–H groups in total. The second-order valence-electron chi connectivity index (χ2n) is 7.68. The van der Waals surface area contributed by atoms with E-state index >= 15 is 0 Å². The average molecular weight is 374 g/mol. The number of anilines is 1. The Balaban J connectivity index is 1.61. The molecule has 3 atom stereocenters. The van der Waals surface area contributed by atoms with Crippen LogP contribution in [0.25, 0.3) is 10.8 Å². The SMILES string of the molecule is O=C1CCC(n2cc3c(F)cc(F)c(N4CC5CCC4CN5)c3c2)C(=O)N1. The number of carbonyl (C=O) groups is 2. The zero-order valence-electron chi connectivity index (χ0n) is 14.7. The lowest BCUT2D eigenvalue weighted by atomic mass is 9.92. The number of hydrogen-bond donors (Lipinski definition) is 2. The van der Waals surface area contributed by atoms with Crippen molar-refractivity contribution in [3.63, 3.8) is 0 Å². The number of hydrogen-bond acceptors (Lipinski definition) is 4. The molecule has 5 heterocycles. The first kappa shape index (κ1) is 16.7. The number of piperazine rings is 1. The summed E-state index contributed by atoms with van der Waals surface area (Å²) in [5.74, 6) is -1.93. The van der Waals surface area contributed by atoms with Gasteiger partial charge in [-0.1, -0.05) is 0 Å². The summed E-state index contributed by atoms with van der Waals surface area (Å²) >= 11 is 0. The third kappa shape index (κ3) is 2.62. The van der Waals surface area contributed by atoms with Crippen molar-refractivity contribution in [1.29, 1.82) is 0 Å². The number of aromatic nitrogens is 1. The van der Waals surface area contributed by atoms with Crippen molar-refractivity contribution in [2.45, 2.75) is 43.8 Å². The maximum absolute atomic E-state index is 14.8. The van der Waals surface area contributed by atoms with Crippen LogP contribution < -0.4 is 15.5 Å². The maximum Gasteiger partial charge on any atom is 0.249 e. The quantitative estimate of drug-likeness (QED) is 0.788. The Morgan fingerprint density at radius 3 is 2.52 bits per heavy atom. The highest BCUT2D eigenvalue weighted by molar-refractivity contribution is 6.00. The molecule has 1 aromatic heterocycles. The number of benzene rings is 1. The van der Waals surface area contributed by atoms with Crippen LogP contribution in [0.4, 0.5) is 14.5 Å². The number of rotatable bonds is 2. The van der Waals surface area contributed by atoms with Crippen molar-refractivity contribution in [3.05, 3.63) is 30.1 Å². The number of imide groups is 1. The molecule has 4 aliphatic heterocycles. The average Bonchev–Trinajstić information content (AvgIpc) is 3.08. The summed E-state index contributed by atoms with van der Waals surface area (Å²) in [7, 11) is 0. The number of nitrogens with one attached hydrogen (secondary N) is 2. The van der Waals surface area contributed by atoms with Crippen LogP contribution >= 0.6 is 0 Å². The van der Waals surface area contributed by atoms with E-state index in [2.05, 4.69) is 10.6 Å².